The number of H-pyrrole nitrogens is 1. The molecule has 0 bridgehead atoms. The lowest BCUT2D eigenvalue weighted by Crippen LogP contribution is -2.32. The second kappa shape index (κ2) is 5.38. The second-order valence-corrected chi connectivity index (χ2v) is 5.08. The summed E-state index contributed by atoms with van der Waals surface area (Å²) < 4.78 is 0. The lowest BCUT2D eigenvalue weighted by Gasteiger charge is -2.19. The average Bonchev–Trinajstić information content (AvgIpc) is 2.97. The van der Waals surface area contributed by atoms with Crippen molar-refractivity contribution in [2.75, 3.05) is 7.05 Å². The largest absolute Gasteiger partial charge is 0.481 e. The van der Waals surface area contributed by atoms with Crippen LogP contribution >= 0.6 is 0 Å². The van der Waals surface area contributed by atoms with Crippen molar-refractivity contribution in [3.05, 3.63) is 11.6 Å². The van der Waals surface area contributed by atoms with Gasteiger partial charge in [0.2, 0.25) is 5.91 Å². The number of aromatic nitrogens is 3. The summed E-state index contributed by atoms with van der Waals surface area (Å²) in [7, 11) is 1.70. The van der Waals surface area contributed by atoms with E-state index in [2.05, 4.69) is 15.2 Å². The van der Waals surface area contributed by atoms with E-state index in [0.717, 1.165) is 0 Å². The van der Waals surface area contributed by atoms with E-state index < -0.39 is 5.97 Å². The summed E-state index contributed by atoms with van der Waals surface area (Å²) in [5, 5.41) is 15.7. The van der Waals surface area contributed by atoms with Crippen LogP contribution in [-0.4, -0.2) is 44.1 Å². The third kappa shape index (κ3) is 3.10. The lowest BCUT2D eigenvalue weighted by atomic mass is 10.0. The van der Waals surface area contributed by atoms with E-state index in [1.165, 1.54) is 0 Å². The molecule has 19 heavy (non-hydrogen) atoms. The van der Waals surface area contributed by atoms with Crippen molar-refractivity contribution in [3.8, 4) is 0 Å². The predicted octanol–water partition coefficient (Wildman–Crippen LogP) is 0.572. The fourth-order valence-electron chi connectivity index (χ4n) is 2.49. The minimum atomic E-state index is -0.803. The molecule has 104 valence electrons. The van der Waals surface area contributed by atoms with Gasteiger partial charge in [0.05, 0.1) is 12.5 Å². The van der Waals surface area contributed by atoms with Gasteiger partial charge in [-0.25, -0.2) is 4.98 Å². The Morgan fingerprint density at radius 1 is 1.42 bits per heavy atom. The van der Waals surface area contributed by atoms with Gasteiger partial charge in [-0.15, -0.1) is 0 Å². The van der Waals surface area contributed by atoms with E-state index in [-0.39, 0.29) is 17.7 Å². The minimum absolute atomic E-state index is 0.0220. The van der Waals surface area contributed by atoms with Crippen molar-refractivity contribution in [3.63, 3.8) is 0 Å². The number of aliphatic carboxylic acids is 1. The number of aryl methyl sites for hydroxylation is 1. The summed E-state index contributed by atoms with van der Waals surface area (Å²) in [5.41, 5.74) is 0. The van der Waals surface area contributed by atoms with Crippen molar-refractivity contribution < 1.29 is 14.7 Å². The number of carbonyl (C=O) groups is 2. The van der Waals surface area contributed by atoms with E-state index in [9.17, 15) is 9.59 Å². The highest BCUT2D eigenvalue weighted by molar-refractivity contribution is 5.80. The van der Waals surface area contributed by atoms with Crippen LogP contribution in [0.25, 0.3) is 0 Å². The topological polar surface area (TPSA) is 99.2 Å². The van der Waals surface area contributed by atoms with Crippen molar-refractivity contribution in [1.29, 1.82) is 0 Å². The molecule has 0 aromatic carbocycles. The quantitative estimate of drug-likeness (QED) is 0.830. The van der Waals surface area contributed by atoms with Crippen LogP contribution in [0, 0.1) is 18.8 Å². The molecule has 1 aliphatic rings. The molecule has 0 saturated heterocycles. The highest BCUT2D eigenvalue weighted by atomic mass is 16.4. The van der Waals surface area contributed by atoms with Gasteiger partial charge < -0.3 is 10.0 Å². The average molecular weight is 266 g/mol. The molecule has 0 spiro atoms. The summed E-state index contributed by atoms with van der Waals surface area (Å²) in [6.07, 6.45) is 1.66. The van der Waals surface area contributed by atoms with Gasteiger partial charge in [-0.2, -0.15) is 5.10 Å². The summed E-state index contributed by atoms with van der Waals surface area (Å²) in [4.78, 5) is 28.8. The number of aromatic amines is 1. The molecule has 1 saturated carbocycles. The van der Waals surface area contributed by atoms with E-state index in [1.807, 2.05) is 0 Å². The Morgan fingerprint density at radius 3 is 2.63 bits per heavy atom. The maximum atomic E-state index is 12.2. The van der Waals surface area contributed by atoms with Gasteiger partial charge >= 0.3 is 5.97 Å². The molecule has 0 radical (unpaired) electrons. The molecule has 1 heterocycles. The van der Waals surface area contributed by atoms with Gasteiger partial charge in [0.1, 0.15) is 5.82 Å². The zero-order valence-electron chi connectivity index (χ0n) is 11.1. The summed E-state index contributed by atoms with van der Waals surface area (Å²) in [5.74, 6) is -0.114. The number of rotatable bonds is 4. The van der Waals surface area contributed by atoms with Crippen LogP contribution in [-0.2, 0) is 16.1 Å². The fraction of sp³-hybridized carbons (Fsp3) is 0.667. The van der Waals surface area contributed by atoms with Crippen LogP contribution in [0.4, 0.5) is 0 Å². The Morgan fingerprint density at radius 2 is 2.11 bits per heavy atom. The van der Waals surface area contributed by atoms with Crippen LogP contribution in [0.3, 0.4) is 0 Å². The third-order valence-corrected chi connectivity index (χ3v) is 3.53. The predicted molar refractivity (Wildman–Crippen MR) is 66.1 cm³/mol. The number of nitrogens with zero attached hydrogens (tertiary/aromatic N) is 3. The number of carbonyl (C=O) groups excluding carboxylic acids is 1. The molecule has 2 atom stereocenters. The molecule has 7 heteroatoms. The molecule has 2 rings (SSSR count). The number of hydrogen-bond donors (Lipinski definition) is 2. The number of hydrogen-bond acceptors (Lipinski definition) is 4. The number of carboxylic acid groups (broad SMARTS) is 1. The minimum Gasteiger partial charge on any atom is -0.481 e. The van der Waals surface area contributed by atoms with Gasteiger partial charge in [0.15, 0.2) is 5.82 Å². The van der Waals surface area contributed by atoms with Crippen molar-refractivity contribution in [2.45, 2.75) is 32.7 Å². The molecule has 1 amide bonds. The molecular weight excluding hydrogens is 248 g/mol. The van der Waals surface area contributed by atoms with E-state index >= 15 is 0 Å². The summed E-state index contributed by atoms with van der Waals surface area (Å²) in [6.45, 7) is 2.14. The first-order valence-electron chi connectivity index (χ1n) is 6.33. The Kier molecular flexibility index (Phi) is 3.82. The van der Waals surface area contributed by atoms with Crippen LogP contribution in [0.15, 0.2) is 0 Å². The van der Waals surface area contributed by atoms with Crippen molar-refractivity contribution in [1.82, 2.24) is 20.1 Å². The second-order valence-electron chi connectivity index (χ2n) is 5.08. The molecule has 1 aromatic heterocycles. The molecule has 2 N–H and O–H groups in total. The normalized spacial score (nSPS) is 22.4. The van der Waals surface area contributed by atoms with Crippen LogP contribution in [0.5, 0.6) is 0 Å². The SMILES string of the molecule is Cc1nc(CN(C)C(=O)[C@@H]2CC[C@H](C(=O)O)C2)n[nH]1. The van der Waals surface area contributed by atoms with Crippen LogP contribution in [0.2, 0.25) is 0 Å². The molecular formula is C12H18N4O3. The van der Waals surface area contributed by atoms with Crippen LogP contribution in [0.1, 0.15) is 30.9 Å². The number of nitrogens with one attached hydrogen (secondary N) is 1. The monoisotopic (exact) mass is 266 g/mol. The Bertz CT molecular complexity index is 485. The van der Waals surface area contributed by atoms with Gasteiger partial charge in [-0.1, -0.05) is 0 Å². The zero-order valence-corrected chi connectivity index (χ0v) is 11.1. The highest BCUT2D eigenvalue weighted by Gasteiger charge is 2.35. The zero-order chi connectivity index (χ0) is 14.0. The standard InChI is InChI=1S/C12H18N4O3/c1-7-13-10(15-14-7)6-16(2)11(17)8-3-4-9(5-8)12(18)19/h8-9H,3-6H2,1-2H3,(H,18,19)(H,13,14,15)/t8-,9+/m1/s1. The fourth-order valence-corrected chi connectivity index (χ4v) is 2.49. The smallest absolute Gasteiger partial charge is 0.306 e. The lowest BCUT2D eigenvalue weighted by molar-refractivity contribution is -0.141. The third-order valence-electron chi connectivity index (χ3n) is 3.53. The maximum absolute atomic E-state index is 12.2. The van der Waals surface area contributed by atoms with E-state index in [0.29, 0.717) is 37.5 Å². The molecule has 0 unspecified atom stereocenters. The molecule has 1 aromatic rings. The Labute approximate surface area is 111 Å². The van der Waals surface area contributed by atoms with Gasteiger partial charge in [-0.3, -0.25) is 14.7 Å². The summed E-state index contributed by atoms with van der Waals surface area (Å²) >= 11 is 0. The molecule has 7 nitrogen and oxygen atoms in total. The van der Waals surface area contributed by atoms with E-state index in [1.54, 1.807) is 18.9 Å². The van der Waals surface area contributed by atoms with Gasteiger partial charge in [0, 0.05) is 13.0 Å². The number of carboxylic acids is 1. The highest BCUT2D eigenvalue weighted by Crippen LogP contribution is 2.32. The molecule has 1 fully saturated rings. The van der Waals surface area contributed by atoms with Gasteiger partial charge in [0.25, 0.3) is 0 Å². The van der Waals surface area contributed by atoms with Crippen molar-refractivity contribution >= 4 is 11.9 Å². The first-order valence-corrected chi connectivity index (χ1v) is 6.33. The van der Waals surface area contributed by atoms with Crippen molar-refractivity contribution in [2.24, 2.45) is 11.8 Å². The maximum Gasteiger partial charge on any atom is 0.306 e. The first kappa shape index (κ1) is 13.5. The Balaban J connectivity index is 1.91. The van der Waals surface area contributed by atoms with E-state index in [4.69, 9.17) is 5.11 Å². The van der Waals surface area contributed by atoms with Gasteiger partial charge in [-0.05, 0) is 26.2 Å². The Hall–Kier alpha value is -1.92. The number of amides is 1. The molecule has 0 aliphatic heterocycles. The first-order chi connectivity index (χ1) is 8.97. The molecule has 1 aliphatic carbocycles. The summed E-state index contributed by atoms with van der Waals surface area (Å²) in [6, 6.07) is 0. The van der Waals surface area contributed by atoms with Crippen LogP contribution < -0.4 is 0 Å².